The van der Waals surface area contributed by atoms with E-state index in [4.69, 9.17) is 0 Å². The van der Waals surface area contributed by atoms with Crippen LogP contribution >= 0.6 is 0 Å². The van der Waals surface area contributed by atoms with E-state index in [1.165, 1.54) is 124 Å². The summed E-state index contributed by atoms with van der Waals surface area (Å²) in [6, 6.07) is 65.1. The summed E-state index contributed by atoms with van der Waals surface area (Å²) in [4.78, 5) is 8.29. The Morgan fingerprint density at radius 3 is 1.15 bits per heavy atom. The molecule has 3 unspecified atom stereocenters. The topological polar surface area (TPSA) is 9.72 Å². The molecule has 0 saturated heterocycles. The molecule has 8 aromatic carbocycles. The normalized spacial score (nSPS) is 19.6. The highest BCUT2D eigenvalue weighted by atomic mass is 15.3. The lowest BCUT2D eigenvalue weighted by Crippen LogP contribution is -2.62. The zero-order valence-electron chi connectivity index (χ0n) is 54.7. The highest BCUT2D eigenvalue weighted by molar-refractivity contribution is 7.00. The van der Waals surface area contributed by atoms with Gasteiger partial charge in [0.05, 0.1) is 16.9 Å². The predicted molar refractivity (Wildman–Crippen MR) is 366 cm³/mol. The van der Waals surface area contributed by atoms with Gasteiger partial charge in [-0.25, -0.2) is 0 Å². The molecule has 1 saturated carbocycles. The molecule has 432 valence electrons. The molecule has 0 aromatic heterocycles. The average Bonchev–Trinajstić information content (AvgIpc) is 1.28. The zero-order chi connectivity index (χ0) is 60.2. The second kappa shape index (κ2) is 19.4. The van der Waals surface area contributed by atoms with E-state index in [9.17, 15) is 0 Å². The highest BCUT2D eigenvalue weighted by Crippen LogP contribution is 2.65. The van der Waals surface area contributed by atoms with E-state index in [0.29, 0.717) is 5.92 Å². The van der Waals surface area contributed by atoms with Gasteiger partial charge in [-0.15, -0.1) is 0 Å². The first-order valence-corrected chi connectivity index (χ1v) is 31.6. The van der Waals surface area contributed by atoms with Gasteiger partial charge in [-0.1, -0.05) is 241 Å². The van der Waals surface area contributed by atoms with Crippen molar-refractivity contribution < 1.29 is 0 Å². The third kappa shape index (κ3) is 9.38. The fourth-order valence-corrected chi connectivity index (χ4v) is 15.0. The fourth-order valence-electron chi connectivity index (χ4n) is 15.0. The maximum Gasteiger partial charge on any atom is 0.252 e. The van der Waals surface area contributed by atoms with Gasteiger partial charge >= 0.3 is 0 Å². The molecular formula is C80H94BN3. The van der Waals surface area contributed by atoms with Crippen molar-refractivity contribution in [1.29, 1.82) is 0 Å². The van der Waals surface area contributed by atoms with Crippen LogP contribution in [0.5, 0.6) is 0 Å². The van der Waals surface area contributed by atoms with Gasteiger partial charge in [0.2, 0.25) is 0 Å². The minimum absolute atomic E-state index is 0.00218. The second-order valence-electron chi connectivity index (χ2n) is 32.5. The van der Waals surface area contributed by atoms with Crippen molar-refractivity contribution in [3.05, 3.63) is 197 Å². The van der Waals surface area contributed by atoms with Crippen molar-refractivity contribution in [2.24, 2.45) is 11.3 Å². The van der Waals surface area contributed by atoms with Crippen LogP contribution in [0.4, 0.5) is 45.5 Å². The Balaban J connectivity index is 1.26. The Labute approximate surface area is 507 Å². The summed E-state index contributed by atoms with van der Waals surface area (Å²) in [5.41, 5.74) is 26.6. The SMILES string of the molecule is CC(C)(C)c1ccc2c(c1)B1c3cc(C(C)(C)C)ccc3N(c3ccc(C(C)(C)C)cc3-c3ccccc3)c3cc(N4c5ccc(C(C)(C)C)cc5C5(C)CC(C(C)(C)C)CCC45C)cc(c31)N2c1ccc(C(C)(C)C)cc1-c1ccccc1. The van der Waals surface area contributed by atoms with Crippen molar-refractivity contribution in [3.63, 3.8) is 0 Å². The van der Waals surface area contributed by atoms with E-state index in [0.717, 1.165) is 12.8 Å². The second-order valence-corrected chi connectivity index (χ2v) is 32.5. The average molecular weight is 1110 g/mol. The minimum Gasteiger partial charge on any atom is -0.334 e. The number of fused-ring (bicyclic) bond motifs is 7. The molecule has 3 nitrogen and oxygen atoms in total. The summed E-state index contributed by atoms with van der Waals surface area (Å²) in [7, 11) is 0. The number of rotatable bonds is 5. The Bertz CT molecular complexity index is 3690. The van der Waals surface area contributed by atoms with Gasteiger partial charge in [-0.2, -0.15) is 0 Å². The van der Waals surface area contributed by atoms with Crippen LogP contribution in [-0.2, 0) is 32.5 Å². The van der Waals surface area contributed by atoms with Gasteiger partial charge in [0.15, 0.2) is 0 Å². The van der Waals surface area contributed by atoms with E-state index >= 15 is 0 Å². The van der Waals surface area contributed by atoms with Crippen LogP contribution < -0.4 is 31.1 Å². The molecule has 0 radical (unpaired) electrons. The molecule has 12 rings (SSSR count). The van der Waals surface area contributed by atoms with Crippen molar-refractivity contribution in [1.82, 2.24) is 0 Å². The molecule has 0 amide bonds. The quantitative estimate of drug-likeness (QED) is 0.159. The van der Waals surface area contributed by atoms with Crippen LogP contribution in [0.25, 0.3) is 22.3 Å². The third-order valence-corrected chi connectivity index (χ3v) is 20.7. The number of hydrogen-bond acceptors (Lipinski definition) is 3. The van der Waals surface area contributed by atoms with Crippen molar-refractivity contribution in [2.75, 3.05) is 14.7 Å². The van der Waals surface area contributed by atoms with Gasteiger partial charge in [0.1, 0.15) is 0 Å². The van der Waals surface area contributed by atoms with Gasteiger partial charge < -0.3 is 14.7 Å². The Morgan fingerprint density at radius 2 is 0.762 bits per heavy atom. The molecule has 4 heteroatoms. The zero-order valence-corrected chi connectivity index (χ0v) is 54.7. The maximum absolute atomic E-state index is 2.87. The molecule has 4 aliphatic rings. The first kappa shape index (κ1) is 57.6. The standard InChI is InChI=1S/C80H94BN3/c1-73(2,3)53-31-36-65(60(43-53)51-27-23-21-24-28-51)82-68-39-34-56(76(10,11)12)46-63(68)81-64-47-57(77(13,14)15)35-40-69(64)83(66-37-32-54(74(4,5)6)44-61(66)52-29-25-22-26-30-52)71-49-59(48-70(82)72(71)81)84-67-38-33-55(75(7,8)9)45-62(67)79(19)50-58(78(16,17)18)41-42-80(79,84)20/h21-40,43-49,58H,41-42,50H2,1-20H3. The Morgan fingerprint density at radius 1 is 0.393 bits per heavy atom. The Hall–Kier alpha value is -6.78. The summed E-state index contributed by atoms with van der Waals surface area (Å²) < 4.78 is 0. The van der Waals surface area contributed by atoms with Gasteiger partial charge in [0, 0.05) is 50.7 Å². The largest absolute Gasteiger partial charge is 0.334 e. The van der Waals surface area contributed by atoms with E-state index in [1.54, 1.807) is 0 Å². The molecule has 0 spiro atoms. The maximum atomic E-state index is 2.87. The number of anilines is 8. The summed E-state index contributed by atoms with van der Waals surface area (Å²) in [5.74, 6) is 0.585. The molecule has 8 aromatic rings. The molecule has 3 heterocycles. The summed E-state index contributed by atoms with van der Waals surface area (Å²) in [6.45, 7) is 48.2. The highest BCUT2D eigenvalue weighted by Gasteiger charge is 2.61. The third-order valence-electron chi connectivity index (χ3n) is 20.7. The van der Waals surface area contributed by atoms with Gasteiger partial charge in [-0.3, -0.25) is 0 Å². The number of benzene rings is 8. The molecule has 84 heavy (non-hydrogen) atoms. The lowest BCUT2D eigenvalue weighted by molar-refractivity contribution is 0.0786. The Kier molecular flexibility index (Phi) is 13.3. The van der Waals surface area contributed by atoms with E-state index in [1.807, 2.05) is 0 Å². The molecule has 0 bridgehead atoms. The number of hydrogen-bond donors (Lipinski definition) is 0. The molecule has 1 fully saturated rings. The monoisotopic (exact) mass is 1110 g/mol. The lowest BCUT2D eigenvalue weighted by atomic mass is 9.33. The summed E-state index contributed by atoms with van der Waals surface area (Å²) in [5, 5.41) is 0. The van der Waals surface area contributed by atoms with E-state index in [2.05, 4.69) is 317 Å². The smallest absolute Gasteiger partial charge is 0.252 e. The van der Waals surface area contributed by atoms with E-state index < -0.39 is 0 Å². The summed E-state index contributed by atoms with van der Waals surface area (Å²) >= 11 is 0. The van der Waals surface area contributed by atoms with Crippen molar-refractivity contribution in [2.45, 2.75) is 196 Å². The molecular weight excluding hydrogens is 1010 g/mol. The minimum atomic E-state index is -0.237. The summed E-state index contributed by atoms with van der Waals surface area (Å²) in [6.07, 6.45) is 3.40. The first-order chi connectivity index (χ1) is 39.2. The first-order valence-electron chi connectivity index (χ1n) is 31.6. The van der Waals surface area contributed by atoms with Gasteiger partial charge in [0.25, 0.3) is 6.71 Å². The molecule has 3 atom stereocenters. The molecule has 0 N–H and O–H groups in total. The lowest BCUT2D eigenvalue weighted by Gasteiger charge is -2.55. The van der Waals surface area contributed by atoms with Crippen molar-refractivity contribution in [3.8, 4) is 22.3 Å². The van der Waals surface area contributed by atoms with E-state index in [-0.39, 0.29) is 50.2 Å². The van der Waals surface area contributed by atoms with Crippen LogP contribution in [-0.4, -0.2) is 12.3 Å². The predicted octanol–water partition coefficient (Wildman–Crippen LogP) is 20.6. The van der Waals surface area contributed by atoms with Crippen LogP contribution in [0.1, 0.15) is 191 Å². The van der Waals surface area contributed by atoms with Crippen molar-refractivity contribution >= 4 is 68.6 Å². The molecule has 1 aliphatic carbocycles. The van der Waals surface area contributed by atoms with Crippen LogP contribution in [0.15, 0.2) is 164 Å². The van der Waals surface area contributed by atoms with Crippen LogP contribution in [0, 0.1) is 11.3 Å². The van der Waals surface area contributed by atoms with Crippen LogP contribution in [0.3, 0.4) is 0 Å². The van der Waals surface area contributed by atoms with Crippen LogP contribution in [0.2, 0.25) is 0 Å². The number of nitrogens with zero attached hydrogens (tertiary/aromatic N) is 3. The van der Waals surface area contributed by atoms with Gasteiger partial charge in [-0.05, 0) is 180 Å². The fraction of sp³-hybridized carbons (Fsp3) is 0.400. The molecule has 3 aliphatic heterocycles.